The summed E-state index contributed by atoms with van der Waals surface area (Å²) in [6.45, 7) is 1.48. The predicted molar refractivity (Wildman–Crippen MR) is 97.2 cm³/mol. The molecule has 0 amide bonds. The number of benzene rings is 1. The van der Waals surface area contributed by atoms with E-state index in [9.17, 15) is 19.8 Å². The summed E-state index contributed by atoms with van der Waals surface area (Å²) < 4.78 is 17.1. The van der Waals surface area contributed by atoms with Crippen LogP contribution >= 0.6 is 0 Å². The zero-order valence-electron chi connectivity index (χ0n) is 15.5. The van der Waals surface area contributed by atoms with Crippen LogP contribution in [0.4, 0.5) is 5.82 Å². The van der Waals surface area contributed by atoms with E-state index in [1.54, 1.807) is 29.7 Å². The SMILES string of the molecule is CC(=O)Oc1ccc(COC[C@H]2O[C@@H](n3ccc(NO)nc3=O)[C@H](O)[C@@H]2O)cc1. The molecule has 2 aromatic rings. The summed E-state index contributed by atoms with van der Waals surface area (Å²) in [6, 6.07) is 8.02. The molecular weight excluding hydrogens is 386 g/mol. The number of nitrogens with one attached hydrogen (secondary N) is 1. The van der Waals surface area contributed by atoms with Crippen LogP contribution in [0.25, 0.3) is 0 Å². The Labute approximate surface area is 165 Å². The van der Waals surface area contributed by atoms with Gasteiger partial charge in [0.05, 0.1) is 13.2 Å². The number of aromatic nitrogens is 2. The fourth-order valence-electron chi connectivity index (χ4n) is 2.88. The monoisotopic (exact) mass is 407 g/mol. The van der Waals surface area contributed by atoms with Gasteiger partial charge in [0.25, 0.3) is 0 Å². The number of hydrogen-bond acceptors (Lipinski definition) is 10. The smallest absolute Gasteiger partial charge is 0.351 e. The maximum Gasteiger partial charge on any atom is 0.351 e. The van der Waals surface area contributed by atoms with Crippen LogP contribution in [-0.4, -0.2) is 55.9 Å². The van der Waals surface area contributed by atoms with Crippen LogP contribution < -0.4 is 15.9 Å². The van der Waals surface area contributed by atoms with E-state index in [2.05, 4.69) is 4.98 Å². The molecular formula is C18H21N3O8. The van der Waals surface area contributed by atoms with Gasteiger partial charge in [0, 0.05) is 13.1 Å². The second kappa shape index (κ2) is 9.11. The lowest BCUT2D eigenvalue weighted by Gasteiger charge is -2.17. The molecule has 0 radical (unpaired) electrons. The molecule has 4 N–H and O–H groups in total. The highest BCUT2D eigenvalue weighted by Crippen LogP contribution is 2.28. The molecule has 4 atom stereocenters. The second-order valence-electron chi connectivity index (χ2n) is 6.41. The van der Waals surface area contributed by atoms with Crippen LogP contribution in [-0.2, 0) is 20.9 Å². The van der Waals surface area contributed by atoms with Crippen LogP contribution in [0.2, 0.25) is 0 Å². The number of carbonyl (C=O) groups excluding carboxylic acids is 1. The zero-order chi connectivity index (χ0) is 21.0. The summed E-state index contributed by atoms with van der Waals surface area (Å²) in [5.74, 6) is -0.0480. The Kier molecular flexibility index (Phi) is 6.56. The van der Waals surface area contributed by atoms with Crippen molar-refractivity contribution in [2.45, 2.75) is 38.1 Å². The Bertz CT molecular complexity index is 901. The minimum atomic E-state index is -1.36. The summed E-state index contributed by atoms with van der Waals surface area (Å²) >= 11 is 0. The van der Waals surface area contributed by atoms with Gasteiger partial charge in [-0.05, 0) is 23.8 Å². The van der Waals surface area contributed by atoms with Gasteiger partial charge in [0.15, 0.2) is 12.0 Å². The molecule has 11 heteroatoms. The molecule has 1 saturated heterocycles. The number of aliphatic hydroxyl groups excluding tert-OH is 2. The number of hydrogen-bond donors (Lipinski definition) is 4. The summed E-state index contributed by atoms with van der Waals surface area (Å²) in [6.07, 6.45) is -3.36. The molecule has 0 saturated carbocycles. The topological polar surface area (TPSA) is 152 Å². The molecule has 0 aliphatic carbocycles. The van der Waals surface area contributed by atoms with E-state index in [4.69, 9.17) is 19.4 Å². The molecule has 1 aromatic heterocycles. The quantitative estimate of drug-likeness (QED) is 0.276. The first-order valence-electron chi connectivity index (χ1n) is 8.75. The molecule has 0 spiro atoms. The Morgan fingerprint density at radius 1 is 1.24 bits per heavy atom. The average molecular weight is 407 g/mol. The fraction of sp³-hybridized carbons (Fsp3) is 0.389. The molecule has 1 fully saturated rings. The van der Waals surface area contributed by atoms with Crippen molar-refractivity contribution in [3.05, 3.63) is 52.6 Å². The van der Waals surface area contributed by atoms with E-state index >= 15 is 0 Å². The minimum Gasteiger partial charge on any atom is -0.427 e. The van der Waals surface area contributed by atoms with Crippen molar-refractivity contribution < 1.29 is 34.4 Å². The van der Waals surface area contributed by atoms with Crippen molar-refractivity contribution in [2.24, 2.45) is 0 Å². The summed E-state index contributed by atoms with van der Waals surface area (Å²) in [4.78, 5) is 26.5. The summed E-state index contributed by atoms with van der Waals surface area (Å²) in [5.41, 5.74) is 1.78. The Hall–Kier alpha value is -2.83. The molecule has 11 nitrogen and oxygen atoms in total. The van der Waals surface area contributed by atoms with Gasteiger partial charge in [-0.25, -0.2) is 4.79 Å². The molecule has 1 aliphatic rings. The Balaban J connectivity index is 1.57. The molecule has 0 unspecified atom stereocenters. The summed E-state index contributed by atoms with van der Waals surface area (Å²) in [7, 11) is 0. The third kappa shape index (κ3) is 4.96. The third-order valence-corrected chi connectivity index (χ3v) is 4.29. The highest BCUT2D eigenvalue weighted by atomic mass is 16.6. The first kappa shape index (κ1) is 20.9. The number of esters is 1. The van der Waals surface area contributed by atoms with Gasteiger partial charge in [0.2, 0.25) is 0 Å². The standard InChI is InChI=1S/C18H21N3O8/c1-10(22)28-12-4-2-11(3-5-12)8-27-9-13-15(23)16(24)17(29-13)21-7-6-14(20-26)19-18(21)25/h2-7,13,15-17,23-24,26H,8-9H2,1H3,(H,19,20,25)/t13-,15-,16-,17-/m1/s1. The Morgan fingerprint density at radius 3 is 2.59 bits per heavy atom. The molecule has 1 aliphatic heterocycles. The van der Waals surface area contributed by atoms with Crippen LogP contribution in [0.15, 0.2) is 41.3 Å². The van der Waals surface area contributed by atoms with E-state index in [1.165, 1.54) is 19.2 Å². The molecule has 29 heavy (non-hydrogen) atoms. The van der Waals surface area contributed by atoms with E-state index < -0.39 is 36.2 Å². The number of ether oxygens (including phenoxy) is 3. The van der Waals surface area contributed by atoms with Crippen LogP contribution in [0, 0.1) is 0 Å². The first-order chi connectivity index (χ1) is 13.9. The number of rotatable bonds is 7. The van der Waals surface area contributed by atoms with Crippen LogP contribution in [0.1, 0.15) is 18.7 Å². The van der Waals surface area contributed by atoms with E-state index in [0.29, 0.717) is 5.75 Å². The molecule has 3 rings (SSSR count). The molecule has 2 heterocycles. The molecule has 1 aromatic carbocycles. The predicted octanol–water partition coefficient (Wildman–Crippen LogP) is -0.194. The number of aliphatic hydroxyl groups is 2. The van der Waals surface area contributed by atoms with Crippen molar-refractivity contribution in [1.29, 1.82) is 0 Å². The van der Waals surface area contributed by atoms with Gasteiger partial charge < -0.3 is 24.4 Å². The maximum atomic E-state index is 12.0. The van der Waals surface area contributed by atoms with Gasteiger partial charge in [0.1, 0.15) is 24.1 Å². The van der Waals surface area contributed by atoms with Crippen molar-refractivity contribution in [1.82, 2.24) is 9.55 Å². The minimum absolute atomic E-state index is 0.0289. The van der Waals surface area contributed by atoms with Gasteiger partial charge in [-0.2, -0.15) is 4.98 Å². The van der Waals surface area contributed by atoms with E-state index in [0.717, 1.165) is 10.1 Å². The highest BCUT2D eigenvalue weighted by Gasteiger charge is 2.44. The van der Waals surface area contributed by atoms with Crippen molar-refractivity contribution >= 4 is 11.8 Å². The normalized spacial score (nSPS) is 23.7. The number of nitrogens with zero attached hydrogens (tertiary/aromatic N) is 2. The van der Waals surface area contributed by atoms with E-state index in [-0.39, 0.29) is 19.0 Å². The maximum absolute atomic E-state index is 12.0. The van der Waals surface area contributed by atoms with Crippen LogP contribution in [0.3, 0.4) is 0 Å². The van der Waals surface area contributed by atoms with Crippen LogP contribution in [0.5, 0.6) is 5.75 Å². The van der Waals surface area contributed by atoms with Gasteiger partial charge >= 0.3 is 11.7 Å². The van der Waals surface area contributed by atoms with Gasteiger partial charge in [-0.1, -0.05) is 12.1 Å². The third-order valence-electron chi connectivity index (χ3n) is 4.29. The summed E-state index contributed by atoms with van der Waals surface area (Å²) in [5, 5.41) is 29.2. The first-order valence-corrected chi connectivity index (χ1v) is 8.75. The second-order valence-corrected chi connectivity index (χ2v) is 6.41. The molecule has 0 bridgehead atoms. The highest BCUT2D eigenvalue weighted by molar-refractivity contribution is 5.69. The zero-order valence-corrected chi connectivity index (χ0v) is 15.5. The van der Waals surface area contributed by atoms with Gasteiger partial charge in [-0.3, -0.25) is 20.0 Å². The van der Waals surface area contributed by atoms with Crippen molar-refractivity contribution in [3.63, 3.8) is 0 Å². The number of carbonyl (C=O) groups is 1. The fourth-order valence-corrected chi connectivity index (χ4v) is 2.88. The Morgan fingerprint density at radius 2 is 1.97 bits per heavy atom. The van der Waals surface area contributed by atoms with Crippen molar-refractivity contribution in [3.8, 4) is 5.75 Å². The van der Waals surface area contributed by atoms with Gasteiger partial charge in [-0.15, -0.1) is 0 Å². The van der Waals surface area contributed by atoms with Crippen molar-refractivity contribution in [2.75, 3.05) is 12.1 Å². The lowest BCUT2D eigenvalue weighted by atomic mass is 10.1. The average Bonchev–Trinajstić information content (AvgIpc) is 2.97. The lowest BCUT2D eigenvalue weighted by molar-refractivity contribution is -0.131. The molecule has 156 valence electrons. The number of anilines is 1. The van der Waals surface area contributed by atoms with E-state index in [1.807, 2.05) is 0 Å². The lowest BCUT2D eigenvalue weighted by Crippen LogP contribution is -2.36. The largest absolute Gasteiger partial charge is 0.427 e.